The minimum absolute atomic E-state index is 0.160. The van der Waals surface area contributed by atoms with Crippen LogP contribution in [0.4, 0.5) is 0 Å². The van der Waals surface area contributed by atoms with Crippen LogP contribution in [0.25, 0.3) is 0 Å². The summed E-state index contributed by atoms with van der Waals surface area (Å²) in [5.74, 6) is 0.214. The molecule has 1 N–H and O–H groups in total. The molecule has 0 radical (unpaired) electrons. The third kappa shape index (κ3) is 2.56. The number of nitrogens with zero attached hydrogens (tertiary/aromatic N) is 2. The van der Waals surface area contributed by atoms with Crippen molar-refractivity contribution < 1.29 is 9.53 Å². The quantitative estimate of drug-likeness (QED) is 0.740. The van der Waals surface area contributed by atoms with Crippen molar-refractivity contribution in [2.75, 3.05) is 13.7 Å². The largest absolute Gasteiger partial charge is 0.468 e. The summed E-state index contributed by atoms with van der Waals surface area (Å²) in [6.45, 7) is 3.50. The van der Waals surface area contributed by atoms with Gasteiger partial charge in [0.15, 0.2) is 0 Å². The fraction of sp³-hybridized carbons (Fsp3) is 0.692. The highest BCUT2D eigenvalue weighted by Crippen LogP contribution is 2.41. The van der Waals surface area contributed by atoms with Crippen molar-refractivity contribution in [2.45, 2.75) is 38.3 Å². The molecule has 1 aromatic heterocycles. The minimum Gasteiger partial charge on any atom is -0.468 e. The Morgan fingerprint density at radius 2 is 2.39 bits per heavy atom. The molecule has 1 unspecified atom stereocenters. The molecule has 0 amide bonds. The summed E-state index contributed by atoms with van der Waals surface area (Å²) < 4.78 is 6.97. The second-order valence-corrected chi connectivity index (χ2v) is 4.90. The van der Waals surface area contributed by atoms with Gasteiger partial charge in [0.25, 0.3) is 0 Å². The number of hydrogen-bond donors (Lipinski definition) is 1. The number of rotatable bonds is 7. The molecule has 1 fully saturated rings. The van der Waals surface area contributed by atoms with Crippen LogP contribution < -0.4 is 5.32 Å². The first kappa shape index (κ1) is 13.1. The first-order valence-corrected chi connectivity index (χ1v) is 6.52. The third-order valence-electron chi connectivity index (χ3n) is 3.51. The molecule has 0 aliphatic heterocycles. The molecule has 0 bridgehead atoms. The number of nitrogens with one attached hydrogen (secondary N) is 1. The number of aromatic nitrogens is 2. The molecule has 1 heterocycles. The van der Waals surface area contributed by atoms with E-state index in [1.165, 1.54) is 7.11 Å². The smallest absolute Gasteiger partial charge is 0.328 e. The van der Waals surface area contributed by atoms with Gasteiger partial charge >= 0.3 is 5.97 Å². The minimum atomic E-state index is -0.592. The number of imidazole rings is 1. The molecular formula is C13H21N3O2. The predicted molar refractivity (Wildman–Crippen MR) is 68.0 cm³/mol. The highest BCUT2D eigenvalue weighted by atomic mass is 16.5. The van der Waals surface area contributed by atoms with Crippen LogP contribution in [0.3, 0.4) is 0 Å². The van der Waals surface area contributed by atoms with Gasteiger partial charge in [-0.3, -0.25) is 0 Å². The maximum Gasteiger partial charge on any atom is 0.328 e. The molecule has 100 valence electrons. The van der Waals surface area contributed by atoms with Crippen LogP contribution in [0, 0.1) is 5.92 Å². The van der Waals surface area contributed by atoms with Crippen LogP contribution in [0.5, 0.6) is 0 Å². The predicted octanol–water partition coefficient (Wildman–Crippen LogP) is 1.20. The molecule has 1 aliphatic rings. The highest BCUT2D eigenvalue weighted by Gasteiger charge is 2.51. The zero-order valence-corrected chi connectivity index (χ0v) is 11.1. The monoisotopic (exact) mass is 251 g/mol. The molecule has 18 heavy (non-hydrogen) atoms. The van der Waals surface area contributed by atoms with Crippen molar-refractivity contribution in [1.82, 2.24) is 14.9 Å². The van der Waals surface area contributed by atoms with Gasteiger partial charge in [-0.1, -0.05) is 6.92 Å². The Labute approximate surface area is 108 Å². The van der Waals surface area contributed by atoms with Gasteiger partial charge in [0.1, 0.15) is 5.54 Å². The average molecular weight is 251 g/mol. The van der Waals surface area contributed by atoms with Crippen LogP contribution in [0.1, 0.15) is 26.2 Å². The lowest BCUT2D eigenvalue weighted by molar-refractivity contribution is -0.150. The van der Waals surface area contributed by atoms with E-state index >= 15 is 0 Å². The standard InChI is InChI=1S/C13H21N3O2/c1-3-6-15-13(11-4-5-11,12(17)18-2)9-16-8-7-14-10-16/h7-8,10-11,15H,3-6,9H2,1-2H3. The van der Waals surface area contributed by atoms with E-state index in [4.69, 9.17) is 4.74 Å². The highest BCUT2D eigenvalue weighted by molar-refractivity contribution is 5.81. The fourth-order valence-electron chi connectivity index (χ4n) is 2.41. The van der Waals surface area contributed by atoms with E-state index in [1.807, 2.05) is 10.8 Å². The summed E-state index contributed by atoms with van der Waals surface area (Å²) in [6, 6.07) is 0. The summed E-state index contributed by atoms with van der Waals surface area (Å²) in [7, 11) is 1.46. The molecule has 2 rings (SSSR count). The van der Waals surface area contributed by atoms with E-state index in [0.717, 1.165) is 25.8 Å². The van der Waals surface area contributed by atoms with E-state index in [9.17, 15) is 4.79 Å². The van der Waals surface area contributed by atoms with Gasteiger partial charge in [-0.2, -0.15) is 0 Å². The van der Waals surface area contributed by atoms with Crippen molar-refractivity contribution in [2.24, 2.45) is 5.92 Å². The van der Waals surface area contributed by atoms with Crippen LogP contribution >= 0.6 is 0 Å². The normalized spacial score (nSPS) is 18.3. The van der Waals surface area contributed by atoms with Crippen LogP contribution in [-0.4, -0.2) is 34.7 Å². The number of carbonyl (C=O) groups is 1. The number of carbonyl (C=O) groups excluding carboxylic acids is 1. The SMILES string of the molecule is CCCNC(Cn1ccnc1)(C(=O)OC)C1CC1. The van der Waals surface area contributed by atoms with Gasteiger partial charge in [0, 0.05) is 12.4 Å². The Morgan fingerprint density at radius 1 is 1.61 bits per heavy atom. The molecule has 1 atom stereocenters. The lowest BCUT2D eigenvalue weighted by Crippen LogP contribution is -2.57. The lowest BCUT2D eigenvalue weighted by atomic mass is 9.92. The maximum absolute atomic E-state index is 12.2. The van der Waals surface area contributed by atoms with Gasteiger partial charge in [0.2, 0.25) is 0 Å². The van der Waals surface area contributed by atoms with Crippen LogP contribution in [0.2, 0.25) is 0 Å². The molecule has 0 spiro atoms. The Bertz CT molecular complexity index is 387. The van der Waals surface area contributed by atoms with Gasteiger partial charge in [-0.25, -0.2) is 9.78 Å². The first-order valence-electron chi connectivity index (χ1n) is 6.52. The second-order valence-electron chi connectivity index (χ2n) is 4.90. The van der Waals surface area contributed by atoms with Crippen molar-refractivity contribution in [3.05, 3.63) is 18.7 Å². The first-order chi connectivity index (χ1) is 8.73. The van der Waals surface area contributed by atoms with E-state index in [0.29, 0.717) is 12.5 Å². The zero-order chi connectivity index (χ0) is 13.0. The summed E-state index contributed by atoms with van der Waals surface area (Å²) in [6.07, 6.45) is 8.52. The molecule has 1 aromatic rings. The van der Waals surface area contributed by atoms with E-state index in [1.54, 1.807) is 12.5 Å². The molecular weight excluding hydrogens is 230 g/mol. The molecule has 5 nitrogen and oxygen atoms in total. The van der Waals surface area contributed by atoms with Crippen molar-refractivity contribution in [3.8, 4) is 0 Å². The third-order valence-corrected chi connectivity index (χ3v) is 3.51. The fourth-order valence-corrected chi connectivity index (χ4v) is 2.41. The van der Waals surface area contributed by atoms with Crippen molar-refractivity contribution in [1.29, 1.82) is 0 Å². The summed E-state index contributed by atoms with van der Waals surface area (Å²) >= 11 is 0. The van der Waals surface area contributed by atoms with Gasteiger partial charge < -0.3 is 14.6 Å². The Hall–Kier alpha value is -1.36. The van der Waals surface area contributed by atoms with Crippen LogP contribution in [0.15, 0.2) is 18.7 Å². The number of esters is 1. The Morgan fingerprint density at radius 3 is 2.89 bits per heavy atom. The van der Waals surface area contributed by atoms with Crippen molar-refractivity contribution in [3.63, 3.8) is 0 Å². The summed E-state index contributed by atoms with van der Waals surface area (Å²) in [5.41, 5.74) is -0.592. The number of hydrogen-bond acceptors (Lipinski definition) is 4. The molecule has 5 heteroatoms. The van der Waals surface area contributed by atoms with E-state index < -0.39 is 5.54 Å². The molecule has 1 saturated carbocycles. The Balaban J connectivity index is 2.20. The van der Waals surface area contributed by atoms with Gasteiger partial charge in [-0.05, 0) is 31.7 Å². The maximum atomic E-state index is 12.2. The molecule has 0 saturated heterocycles. The number of methoxy groups -OCH3 is 1. The van der Waals surface area contributed by atoms with E-state index in [-0.39, 0.29) is 5.97 Å². The Kier molecular flexibility index (Phi) is 4.01. The molecule has 1 aliphatic carbocycles. The average Bonchev–Trinajstić information content (AvgIpc) is 3.13. The summed E-state index contributed by atoms with van der Waals surface area (Å²) in [5, 5.41) is 3.41. The van der Waals surface area contributed by atoms with Gasteiger partial charge in [0.05, 0.1) is 20.0 Å². The lowest BCUT2D eigenvalue weighted by Gasteiger charge is -2.32. The van der Waals surface area contributed by atoms with Crippen molar-refractivity contribution >= 4 is 5.97 Å². The molecule has 0 aromatic carbocycles. The van der Waals surface area contributed by atoms with E-state index in [2.05, 4.69) is 17.2 Å². The van der Waals surface area contributed by atoms with Gasteiger partial charge in [-0.15, -0.1) is 0 Å². The van der Waals surface area contributed by atoms with Crippen LogP contribution in [-0.2, 0) is 16.1 Å². The topological polar surface area (TPSA) is 56.2 Å². The number of ether oxygens (including phenoxy) is 1. The zero-order valence-electron chi connectivity index (χ0n) is 11.1. The summed E-state index contributed by atoms with van der Waals surface area (Å²) in [4.78, 5) is 16.3. The second kappa shape index (κ2) is 5.52.